The minimum Gasteiger partial charge on any atom is -0.489 e. The van der Waals surface area contributed by atoms with Crippen molar-refractivity contribution in [1.29, 1.82) is 0 Å². The van der Waals surface area contributed by atoms with Crippen LogP contribution in [0.25, 0.3) is 10.8 Å². The molecule has 0 radical (unpaired) electrons. The average molecular weight is 385 g/mol. The number of halogens is 1. The van der Waals surface area contributed by atoms with Gasteiger partial charge in [-0.2, -0.15) is 0 Å². The molecule has 3 heteroatoms. The third-order valence-electron chi connectivity index (χ3n) is 5.19. The van der Waals surface area contributed by atoms with Gasteiger partial charge >= 0.3 is 0 Å². The number of benzene rings is 4. The van der Waals surface area contributed by atoms with Gasteiger partial charge in [0.15, 0.2) is 0 Å². The molecule has 0 unspecified atom stereocenters. The highest BCUT2D eigenvalue weighted by molar-refractivity contribution is 5.87. The molecule has 0 saturated heterocycles. The lowest BCUT2D eigenvalue weighted by Gasteiger charge is -2.18. The standard InChI is InChI=1S/C26H24FNO/c1-19(21-7-3-2-4-8-21)28-17-25-24-10-6-5-9-22(24)13-16-26(25)29-18-20-11-14-23(27)15-12-20/h2-16,19,28H,17-18H2,1H3/t19-/m1/s1. The molecule has 0 aliphatic rings. The van der Waals surface area contributed by atoms with Crippen LogP contribution in [0, 0.1) is 5.82 Å². The number of ether oxygens (including phenoxy) is 1. The molecule has 0 aromatic heterocycles. The summed E-state index contributed by atoms with van der Waals surface area (Å²) in [5.74, 6) is 0.611. The predicted molar refractivity (Wildman–Crippen MR) is 116 cm³/mol. The summed E-state index contributed by atoms with van der Waals surface area (Å²) in [6.45, 7) is 3.26. The number of nitrogens with one attached hydrogen (secondary N) is 1. The first-order valence-corrected chi connectivity index (χ1v) is 9.87. The molecule has 1 atom stereocenters. The van der Waals surface area contributed by atoms with E-state index in [4.69, 9.17) is 4.74 Å². The molecule has 0 saturated carbocycles. The molecular formula is C26H24FNO. The smallest absolute Gasteiger partial charge is 0.124 e. The summed E-state index contributed by atoms with van der Waals surface area (Å²) in [7, 11) is 0. The molecule has 0 amide bonds. The predicted octanol–water partition coefficient (Wildman–Crippen LogP) is 6.41. The van der Waals surface area contributed by atoms with Gasteiger partial charge in [0.1, 0.15) is 18.2 Å². The fraction of sp³-hybridized carbons (Fsp3) is 0.154. The van der Waals surface area contributed by atoms with Gasteiger partial charge < -0.3 is 10.1 Å². The Labute approximate surface area is 171 Å². The van der Waals surface area contributed by atoms with E-state index < -0.39 is 0 Å². The van der Waals surface area contributed by atoms with E-state index in [2.05, 4.69) is 60.8 Å². The van der Waals surface area contributed by atoms with Gasteiger partial charge in [-0.15, -0.1) is 0 Å². The van der Waals surface area contributed by atoms with E-state index in [1.807, 2.05) is 18.2 Å². The highest BCUT2D eigenvalue weighted by atomic mass is 19.1. The maximum absolute atomic E-state index is 13.2. The summed E-state index contributed by atoms with van der Waals surface area (Å²) in [5, 5.41) is 5.99. The lowest BCUT2D eigenvalue weighted by molar-refractivity contribution is 0.302. The summed E-state index contributed by atoms with van der Waals surface area (Å²) >= 11 is 0. The van der Waals surface area contributed by atoms with Crippen molar-refractivity contribution in [1.82, 2.24) is 5.32 Å². The Morgan fingerprint density at radius 1 is 0.828 bits per heavy atom. The Morgan fingerprint density at radius 2 is 1.55 bits per heavy atom. The monoisotopic (exact) mass is 385 g/mol. The van der Waals surface area contributed by atoms with Gasteiger partial charge in [-0.05, 0) is 47.0 Å². The van der Waals surface area contributed by atoms with Crippen molar-refractivity contribution < 1.29 is 9.13 Å². The first-order chi connectivity index (χ1) is 14.2. The molecule has 0 aliphatic carbocycles. The Hall–Kier alpha value is -3.17. The zero-order chi connectivity index (χ0) is 20.1. The van der Waals surface area contributed by atoms with Crippen molar-refractivity contribution in [3.8, 4) is 5.75 Å². The topological polar surface area (TPSA) is 21.3 Å². The summed E-state index contributed by atoms with van der Waals surface area (Å²) in [6, 6.07) is 29.5. The van der Waals surface area contributed by atoms with Crippen LogP contribution in [0.2, 0.25) is 0 Å². The highest BCUT2D eigenvalue weighted by Crippen LogP contribution is 2.29. The van der Waals surface area contributed by atoms with Crippen LogP contribution >= 0.6 is 0 Å². The third kappa shape index (κ3) is 4.64. The van der Waals surface area contributed by atoms with Gasteiger partial charge in [-0.25, -0.2) is 4.39 Å². The molecule has 4 rings (SSSR count). The molecule has 2 nitrogen and oxygen atoms in total. The van der Waals surface area contributed by atoms with E-state index in [9.17, 15) is 4.39 Å². The summed E-state index contributed by atoms with van der Waals surface area (Å²) < 4.78 is 19.3. The Bertz CT molecular complexity index is 1080. The Balaban J connectivity index is 1.57. The molecule has 146 valence electrons. The van der Waals surface area contributed by atoms with E-state index in [1.54, 1.807) is 12.1 Å². The maximum atomic E-state index is 13.2. The van der Waals surface area contributed by atoms with Crippen LogP contribution in [0.15, 0.2) is 91.0 Å². The lowest BCUT2D eigenvalue weighted by atomic mass is 10.0. The van der Waals surface area contributed by atoms with Gasteiger partial charge in [0, 0.05) is 18.2 Å². The van der Waals surface area contributed by atoms with Crippen LogP contribution in [0.3, 0.4) is 0 Å². The molecule has 29 heavy (non-hydrogen) atoms. The molecule has 0 bridgehead atoms. The van der Waals surface area contributed by atoms with E-state index in [-0.39, 0.29) is 11.9 Å². The van der Waals surface area contributed by atoms with Gasteiger partial charge in [-0.1, -0.05) is 72.8 Å². The fourth-order valence-corrected chi connectivity index (χ4v) is 3.49. The second-order valence-corrected chi connectivity index (χ2v) is 7.19. The SMILES string of the molecule is C[C@@H](NCc1c(OCc2ccc(F)cc2)ccc2ccccc12)c1ccccc1. The third-order valence-corrected chi connectivity index (χ3v) is 5.19. The van der Waals surface area contributed by atoms with Crippen LogP contribution in [0.4, 0.5) is 4.39 Å². The summed E-state index contributed by atoms with van der Waals surface area (Å²) in [4.78, 5) is 0. The van der Waals surface area contributed by atoms with Crippen LogP contribution < -0.4 is 10.1 Å². The molecule has 0 spiro atoms. The molecule has 1 N–H and O–H groups in total. The Morgan fingerprint density at radius 3 is 2.34 bits per heavy atom. The largest absolute Gasteiger partial charge is 0.489 e. The highest BCUT2D eigenvalue weighted by Gasteiger charge is 2.12. The molecule has 0 fully saturated rings. The molecule has 0 aliphatic heterocycles. The van der Waals surface area contributed by atoms with Crippen LogP contribution in [0.1, 0.15) is 29.7 Å². The molecular weight excluding hydrogens is 361 g/mol. The van der Waals surface area contributed by atoms with E-state index in [1.165, 1.54) is 28.5 Å². The van der Waals surface area contributed by atoms with Gasteiger partial charge in [0.2, 0.25) is 0 Å². The zero-order valence-corrected chi connectivity index (χ0v) is 16.4. The van der Waals surface area contributed by atoms with Gasteiger partial charge in [0.25, 0.3) is 0 Å². The fourth-order valence-electron chi connectivity index (χ4n) is 3.49. The summed E-state index contributed by atoms with van der Waals surface area (Å²) in [6.07, 6.45) is 0. The lowest BCUT2D eigenvalue weighted by Crippen LogP contribution is -2.18. The first-order valence-electron chi connectivity index (χ1n) is 9.87. The number of rotatable bonds is 7. The molecule has 0 heterocycles. The maximum Gasteiger partial charge on any atom is 0.124 e. The van der Waals surface area contributed by atoms with Crippen molar-refractivity contribution in [2.75, 3.05) is 0 Å². The Kier molecular flexibility index (Phi) is 5.87. The minimum atomic E-state index is -0.237. The van der Waals surface area contributed by atoms with Crippen LogP contribution in [-0.2, 0) is 13.2 Å². The van der Waals surface area contributed by atoms with E-state index in [0.717, 1.165) is 16.9 Å². The van der Waals surface area contributed by atoms with Gasteiger partial charge in [0.05, 0.1) is 0 Å². The van der Waals surface area contributed by atoms with Crippen molar-refractivity contribution in [3.63, 3.8) is 0 Å². The zero-order valence-electron chi connectivity index (χ0n) is 16.4. The van der Waals surface area contributed by atoms with Crippen molar-refractivity contribution >= 4 is 10.8 Å². The number of fused-ring (bicyclic) bond motifs is 1. The van der Waals surface area contributed by atoms with E-state index in [0.29, 0.717) is 13.2 Å². The van der Waals surface area contributed by atoms with E-state index >= 15 is 0 Å². The van der Waals surface area contributed by atoms with Crippen molar-refractivity contribution in [2.45, 2.75) is 26.1 Å². The number of hydrogen-bond acceptors (Lipinski definition) is 2. The first kappa shape index (κ1) is 19.2. The average Bonchev–Trinajstić information content (AvgIpc) is 2.78. The molecule has 4 aromatic rings. The quantitative estimate of drug-likeness (QED) is 0.397. The number of hydrogen-bond donors (Lipinski definition) is 1. The van der Waals surface area contributed by atoms with Crippen molar-refractivity contribution in [3.05, 3.63) is 114 Å². The summed E-state index contributed by atoms with van der Waals surface area (Å²) in [5.41, 5.74) is 3.32. The molecule has 4 aromatic carbocycles. The minimum absolute atomic E-state index is 0.222. The normalized spacial score (nSPS) is 12.1. The second-order valence-electron chi connectivity index (χ2n) is 7.19. The van der Waals surface area contributed by atoms with Crippen molar-refractivity contribution in [2.24, 2.45) is 0 Å². The second kappa shape index (κ2) is 8.89. The van der Waals surface area contributed by atoms with Crippen LogP contribution in [-0.4, -0.2) is 0 Å². The van der Waals surface area contributed by atoms with Crippen LogP contribution in [0.5, 0.6) is 5.75 Å². The van der Waals surface area contributed by atoms with Gasteiger partial charge in [-0.3, -0.25) is 0 Å².